The van der Waals surface area contributed by atoms with Crippen LogP contribution in [0.4, 0.5) is 0 Å². The van der Waals surface area contributed by atoms with E-state index in [1.54, 1.807) is 12.1 Å². The number of rotatable bonds is 5. The van der Waals surface area contributed by atoms with Crippen molar-refractivity contribution in [2.45, 2.75) is 18.9 Å². The highest BCUT2D eigenvalue weighted by atomic mass is 31.0. The minimum Gasteiger partial charge on any atom is -0.480 e. The van der Waals surface area contributed by atoms with Crippen molar-refractivity contribution in [1.82, 2.24) is 4.90 Å². The standard InChI is InChI=1S/C13H13N2O5P/c14-9(16)5-4-7(13(19)20)15-11(17)6-2-1-3-8(21)10(6)12(15)18/h1-3,7H,4-5,21H2,(H2,14,16)(H,19,20). The number of fused-ring (bicyclic) bond motifs is 1. The van der Waals surface area contributed by atoms with Crippen LogP contribution in [0.25, 0.3) is 0 Å². The van der Waals surface area contributed by atoms with Crippen LogP contribution in [0.1, 0.15) is 33.6 Å². The number of nitrogens with zero attached hydrogens (tertiary/aromatic N) is 1. The second-order valence-corrected chi connectivity index (χ2v) is 5.23. The Kier molecular flexibility index (Phi) is 4.04. The Morgan fingerprint density at radius 1 is 1.29 bits per heavy atom. The van der Waals surface area contributed by atoms with Crippen LogP contribution in [0.15, 0.2) is 18.2 Å². The number of primary amides is 1. The van der Waals surface area contributed by atoms with Gasteiger partial charge in [0.05, 0.1) is 11.1 Å². The van der Waals surface area contributed by atoms with E-state index in [2.05, 4.69) is 9.24 Å². The minimum absolute atomic E-state index is 0.165. The third kappa shape index (κ3) is 2.64. The topological polar surface area (TPSA) is 118 Å². The van der Waals surface area contributed by atoms with Crippen LogP contribution in [0.5, 0.6) is 0 Å². The molecule has 1 aromatic rings. The lowest BCUT2D eigenvalue weighted by Crippen LogP contribution is -2.45. The molecule has 2 unspecified atom stereocenters. The zero-order valence-electron chi connectivity index (χ0n) is 10.9. The maximum Gasteiger partial charge on any atom is 0.326 e. The summed E-state index contributed by atoms with van der Waals surface area (Å²) in [5.41, 5.74) is 5.34. The normalized spacial score (nSPS) is 15.0. The molecule has 0 saturated carbocycles. The second-order valence-electron chi connectivity index (χ2n) is 4.61. The molecule has 21 heavy (non-hydrogen) atoms. The molecule has 0 fully saturated rings. The van der Waals surface area contributed by atoms with Crippen molar-refractivity contribution in [3.8, 4) is 0 Å². The van der Waals surface area contributed by atoms with Crippen LogP contribution in [0.2, 0.25) is 0 Å². The van der Waals surface area contributed by atoms with Gasteiger partial charge in [-0.05, 0) is 17.8 Å². The fourth-order valence-corrected chi connectivity index (χ4v) is 2.64. The third-order valence-electron chi connectivity index (χ3n) is 3.24. The lowest BCUT2D eigenvalue weighted by molar-refractivity contribution is -0.141. The summed E-state index contributed by atoms with van der Waals surface area (Å²) in [7, 11) is 2.34. The van der Waals surface area contributed by atoms with Crippen molar-refractivity contribution in [3.63, 3.8) is 0 Å². The Balaban J connectivity index is 2.38. The summed E-state index contributed by atoms with van der Waals surface area (Å²) in [6, 6.07) is 3.30. The molecule has 0 saturated heterocycles. The molecular weight excluding hydrogens is 295 g/mol. The first-order valence-corrected chi connectivity index (χ1v) is 6.69. The first-order valence-electron chi connectivity index (χ1n) is 6.12. The molecule has 3 N–H and O–H groups in total. The van der Waals surface area contributed by atoms with Gasteiger partial charge >= 0.3 is 5.97 Å². The molecule has 8 heteroatoms. The summed E-state index contributed by atoms with van der Waals surface area (Å²) in [6.45, 7) is 0. The number of carboxylic acid groups (broad SMARTS) is 1. The van der Waals surface area contributed by atoms with Gasteiger partial charge in [-0.3, -0.25) is 19.3 Å². The third-order valence-corrected chi connectivity index (χ3v) is 3.72. The zero-order chi connectivity index (χ0) is 15.7. The predicted octanol–water partition coefficient (Wildman–Crippen LogP) is -0.498. The van der Waals surface area contributed by atoms with E-state index in [9.17, 15) is 24.3 Å². The molecule has 2 atom stereocenters. The summed E-state index contributed by atoms with van der Waals surface area (Å²) < 4.78 is 0. The van der Waals surface area contributed by atoms with Gasteiger partial charge in [0.15, 0.2) is 0 Å². The van der Waals surface area contributed by atoms with Crippen molar-refractivity contribution in [2.24, 2.45) is 5.73 Å². The first-order chi connectivity index (χ1) is 9.84. The maximum absolute atomic E-state index is 12.3. The molecule has 0 aliphatic carbocycles. The van der Waals surface area contributed by atoms with Gasteiger partial charge in [0.2, 0.25) is 5.91 Å². The smallest absolute Gasteiger partial charge is 0.326 e. The van der Waals surface area contributed by atoms with E-state index in [-0.39, 0.29) is 24.0 Å². The SMILES string of the molecule is NC(=O)CCC(C(=O)O)N1C(=O)c2cccc(P)c2C1=O. The van der Waals surface area contributed by atoms with Gasteiger partial charge < -0.3 is 10.8 Å². The average molecular weight is 308 g/mol. The first kappa shape index (κ1) is 15.1. The molecule has 1 aliphatic heterocycles. The number of carboxylic acids is 1. The quantitative estimate of drug-likeness (QED) is 0.562. The summed E-state index contributed by atoms with van der Waals surface area (Å²) in [5, 5.41) is 9.75. The van der Waals surface area contributed by atoms with Gasteiger partial charge in [-0.15, -0.1) is 9.24 Å². The van der Waals surface area contributed by atoms with Gasteiger partial charge in [-0.25, -0.2) is 4.79 Å². The zero-order valence-corrected chi connectivity index (χ0v) is 12.1. The van der Waals surface area contributed by atoms with Gasteiger partial charge in [-0.1, -0.05) is 12.1 Å². The van der Waals surface area contributed by atoms with E-state index in [0.29, 0.717) is 10.2 Å². The second kappa shape index (κ2) is 5.61. The molecule has 7 nitrogen and oxygen atoms in total. The van der Waals surface area contributed by atoms with E-state index in [1.165, 1.54) is 6.07 Å². The van der Waals surface area contributed by atoms with Crippen molar-refractivity contribution in [1.29, 1.82) is 0 Å². The molecule has 110 valence electrons. The van der Waals surface area contributed by atoms with E-state index < -0.39 is 29.7 Å². The molecule has 1 heterocycles. The van der Waals surface area contributed by atoms with Gasteiger partial charge in [0.1, 0.15) is 6.04 Å². The van der Waals surface area contributed by atoms with Crippen molar-refractivity contribution in [3.05, 3.63) is 29.3 Å². The monoisotopic (exact) mass is 308 g/mol. The molecule has 2 rings (SSSR count). The molecule has 1 aromatic carbocycles. The number of aliphatic carboxylic acids is 1. The van der Waals surface area contributed by atoms with Crippen LogP contribution < -0.4 is 11.0 Å². The van der Waals surface area contributed by atoms with E-state index in [1.807, 2.05) is 0 Å². The van der Waals surface area contributed by atoms with Crippen LogP contribution in [0.3, 0.4) is 0 Å². The van der Waals surface area contributed by atoms with E-state index >= 15 is 0 Å². The van der Waals surface area contributed by atoms with E-state index in [0.717, 1.165) is 0 Å². The molecule has 3 amide bonds. The Morgan fingerprint density at radius 3 is 2.48 bits per heavy atom. The Bertz CT molecular complexity index is 658. The van der Waals surface area contributed by atoms with Gasteiger partial charge in [0.25, 0.3) is 11.8 Å². The number of carbonyl (C=O) groups excluding carboxylic acids is 3. The van der Waals surface area contributed by atoms with Crippen LogP contribution >= 0.6 is 9.24 Å². The summed E-state index contributed by atoms with van der Waals surface area (Å²) >= 11 is 0. The van der Waals surface area contributed by atoms with Gasteiger partial charge in [0, 0.05) is 6.42 Å². The van der Waals surface area contributed by atoms with Crippen LogP contribution in [-0.2, 0) is 9.59 Å². The molecule has 0 aromatic heterocycles. The van der Waals surface area contributed by atoms with Crippen molar-refractivity contribution < 1.29 is 24.3 Å². The number of hydrogen-bond donors (Lipinski definition) is 2. The summed E-state index contributed by atoms with van der Waals surface area (Å²) in [6.07, 6.45) is -0.430. The number of imide groups is 1. The fourth-order valence-electron chi connectivity index (χ4n) is 2.25. The van der Waals surface area contributed by atoms with Crippen molar-refractivity contribution >= 4 is 38.2 Å². The van der Waals surface area contributed by atoms with Gasteiger partial charge in [-0.2, -0.15) is 0 Å². The fraction of sp³-hybridized carbons (Fsp3) is 0.231. The molecule has 1 aliphatic rings. The Labute approximate surface area is 122 Å². The number of benzene rings is 1. The summed E-state index contributed by atoms with van der Waals surface area (Å²) in [4.78, 5) is 47.4. The Hall–Kier alpha value is -2.27. The highest BCUT2D eigenvalue weighted by Gasteiger charge is 2.43. The lowest BCUT2D eigenvalue weighted by Gasteiger charge is -2.22. The molecule has 0 radical (unpaired) electrons. The number of hydrogen-bond acceptors (Lipinski definition) is 4. The number of nitrogens with two attached hydrogens (primary N) is 1. The number of carbonyl (C=O) groups is 4. The largest absolute Gasteiger partial charge is 0.480 e. The van der Waals surface area contributed by atoms with Crippen LogP contribution in [-0.4, -0.2) is 39.7 Å². The van der Waals surface area contributed by atoms with Crippen LogP contribution in [0, 0.1) is 0 Å². The number of amides is 3. The maximum atomic E-state index is 12.3. The van der Waals surface area contributed by atoms with E-state index in [4.69, 9.17) is 5.73 Å². The predicted molar refractivity (Wildman–Crippen MR) is 76.1 cm³/mol. The Morgan fingerprint density at radius 2 is 1.95 bits per heavy atom. The summed E-state index contributed by atoms with van der Waals surface area (Å²) in [5.74, 6) is -3.38. The highest BCUT2D eigenvalue weighted by molar-refractivity contribution is 7.27. The van der Waals surface area contributed by atoms with Crippen molar-refractivity contribution in [2.75, 3.05) is 0 Å². The molecule has 0 bridgehead atoms. The highest BCUT2D eigenvalue weighted by Crippen LogP contribution is 2.26. The lowest BCUT2D eigenvalue weighted by atomic mass is 10.1. The molecular formula is C13H13N2O5P. The molecule has 0 spiro atoms. The average Bonchev–Trinajstić information content (AvgIpc) is 2.64. The minimum atomic E-state index is -1.41.